The maximum Gasteiger partial charge on any atom is 0.167 e. The average Bonchev–Trinajstić information content (AvgIpc) is 2.58. The number of benzene rings is 2. The van der Waals surface area contributed by atoms with Gasteiger partial charge in [-0.3, -0.25) is 0 Å². The molecule has 0 aliphatic carbocycles. The molecule has 2 aromatic carbocycles. The van der Waals surface area contributed by atoms with Crippen molar-refractivity contribution in [1.29, 1.82) is 0 Å². The molecule has 4 heteroatoms. The van der Waals surface area contributed by atoms with E-state index >= 15 is 0 Å². The molecule has 1 aliphatic rings. The molecule has 24 heavy (non-hydrogen) atoms. The molecule has 1 atom stereocenters. The van der Waals surface area contributed by atoms with Gasteiger partial charge in [0.15, 0.2) is 13.1 Å². The molecule has 0 spiro atoms. The van der Waals surface area contributed by atoms with Crippen molar-refractivity contribution in [3.05, 3.63) is 65.2 Å². The fraction of sp³-hybridized carbons (Fsp3) is 0.400. The fourth-order valence-electron chi connectivity index (χ4n) is 2.81. The third kappa shape index (κ3) is 4.57. The summed E-state index contributed by atoms with van der Waals surface area (Å²) in [5.41, 5.74) is 3.84. The SMILES string of the molecule is CC(Cc1ccc(CC2OCO2)cc1)c1ccc(OCCO)cc1. The molecule has 0 aromatic heterocycles. The van der Waals surface area contributed by atoms with E-state index < -0.39 is 0 Å². The molecule has 1 unspecified atom stereocenters. The van der Waals surface area contributed by atoms with E-state index in [0.29, 0.717) is 19.3 Å². The smallest absolute Gasteiger partial charge is 0.167 e. The second kappa shape index (κ2) is 8.29. The normalized spacial score (nSPS) is 15.8. The van der Waals surface area contributed by atoms with Crippen LogP contribution in [0.1, 0.15) is 29.5 Å². The topological polar surface area (TPSA) is 47.9 Å². The molecule has 0 amide bonds. The maximum atomic E-state index is 8.78. The van der Waals surface area contributed by atoms with E-state index in [1.807, 2.05) is 12.1 Å². The zero-order chi connectivity index (χ0) is 16.8. The monoisotopic (exact) mass is 328 g/mol. The van der Waals surface area contributed by atoms with Crippen molar-refractivity contribution >= 4 is 0 Å². The highest BCUT2D eigenvalue weighted by molar-refractivity contribution is 5.31. The Balaban J connectivity index is 1.54. The number of hydrogen-bond donors (Lipinski definition) is 1. The van der Waals surface area contributed by atoms with Crippen molar-refractivity contribution in [3.8, 4) is 5.75 Å². The van der Waals surface area contributed by atoms with Crippen molar-refractivity contribution in [2.45, 2.75) is 32.0 Å². The summed E-state index contributed by atoms with van der Waals surface area (Å²) in [7, 11) is 0. The zero-order valence-corrected chi connectivity index (χ0v) is 14.0. The molecule has 128 valence electrons. The van der Waals surface area contributed by atoms with E-state index in [0.717, 1.165) is 18.6 Å². The second-order valence-corrected chi connectivity index (χ2v) is 6.15. The van der Waals surface area contributed by atoms with Crippen molar-refractivity contribution in [1.82, 2.24) is 0 Å². The van der Waals surface area contributed by atoms with E-state index in [1.54, 1.807) is 0 Å². The van der Waals surface area contributed by atoms with Crippen LogP contribution in [0.25, 0.3) is 0 Å². The van der Waals surface area contributed by atoms with E-state index in [2.05, 4.69) is 43.3 Å². The molecule has 0 saturated carbocycles. The van der Waals surface area contributed by atoms with Crippen molar-refractivity contribution in [2.24, 2.45) is 0 Å². The van der Waals surface area contributed by atoms with Crippen molar-refractivity contribution in [2.75, 3.05) is 20.0 Å². The Morgan fingerprint density at radius 2 is 1.71 bits per heavy atom. The number of hydrogen-bond acceptors (Lipinski definition) is 4. The molecular weight excluding hydrogens is 304 g/mol. The minimum atomic E-state index is -0.0682. The van der Waals surface area contributed by atoms with Gasteiger partial charge in [0.05, 0.1) is 6.61 Å². The highest BCUT2D eigenvalue weighted by Crippen LogP contribution is 2.23. The number of ether oxygens (including phenoxy) is 3. The first-order valence-electron chi connectivity index (χ1n) is 8.39. The molecular formula is C20H24O4. The van der Waals surface area contributed by atoms with Gasteiger partial charge in [-0.25, -0.2) is 0 Å². The van der Waals surface area contributed by atoms with Gasteiger partial charge in [-0.2, -0.15) is 0 Å². The summed E-state index contributed by atoms with van der Waals surface area (Å²) in [6, 6.07) is 16.8. The lowest BCUT2D eigenvalue weighted by atomic mass is 9.93. The predicted octanol–water partition coefficient (Wildman–Crippen LogP) is 3.28. The van der Waals surface area contributed by atoms with E-state index in [4.69, 9.17) is 19.3 Å². The summed E-state index contributed by atoms with van der Waals surface area (Å²) in [6.07, 6.45) is 1.74. The summed E-state index contributed by atoms with van der Waals surface area (Å²) >= 11 is 0. The number of aliphatic hydroxyl groups excluding tert-OH is 1. The van der Waals surface area contributed by atoms with Crippen LogP contribution in [0.15, 0.2) is 48.5 Å². The molecule has 1 fully saturated rings. The Morgan fingerprint density at radius 1 is 1.04 bits per heavy atom. The lowest BCUT2D eigenvalue weighted by Crippen LogP contribution is -2.32. The molecule has 1 saturated heterocycles. The molecule has 1 aliphatic heterocycles. The van der Waals surface area contributed by atoms with Crippen LogP contribution in [0.3, 0.4) is 0 Å². The van der Waals surface area contributed by atoms with Crippen LogP contribution in [0.4, 0.5) is 0 Å². The molecule has 1 heterocycles. The lowest BCUT2D eigenvalue weighted by Gasteiger charge is -2.26. The second-order valence-electron chi connectivity index (χ2n) is 6.15. The highest BCUT2D eigenvalue weighted by Gasteiger charge is 2.18. The summed E-state index contributed by atoms with van der Waals surface area (Å²) in [5.74, 6) is 1.23. The van der Waals surface area contributed by atoms with Crippen LogP contribution >= 0.6 is 0 Å². The van der Waals surface area contributed by atoms with Gasteiger partial charge in [-0.05, 0) is 41.2 Å². The molecule has 0 radical (unpaired) electrons. The Bertz CT molecular complexity index is 617. The van der Waals surface area contributed by atoms with Gasteiger partial charge < -0.3 is 19.3 Å². The first kappa shape index (κ1) is 17.0. The Kier molecular flexibility index (Phi) is 5.86. The molecule has 1 N–H and O–H groups in total. The predicted molar refractivity (Wildman–Crippen MR) is 92.1 cm³/mol. The third-order valence-electron chi connectivity index (χ3n) is 4.28. The lowest BCUT2D eigenvalue weighted by molar-refractivity contribution is -0.318. The summed E-state index contributed by atoms with van der Waals surface area (Å²) in [6.45, 7) is 3.02. The zero-order valence-electron chi connectivity index (χ0n) is 14.0. The first-order chi connectivity index (χ1) is 11.7. The van der Waals surface area contributed by atoms with Gasteiger partial charge >= 0.3 is 0 Å². The quantitative estimate of drug-likeness (QED) is 0.808. The van der Waals surface area contributed by atoms with Crippen LogP contribution in [0, 0.1) is 0 Å². The van der Waals surface area contributed by atoms with Gasteiger partial charge in [0.2, 0.25) is 0 Å². The van der Waals surface area contributed by atoms with Crippen molar-refractivity contribution < 1.29 is 19.3 Å². The van der Waals surface area contributed by atoms with Gasteiger partial charge in [0.1, 0.15) is 12.4 Å². The minimum Gasteiger partial charge on any atom is -0.491 e. The maximum absolute atomic E-state index is 8.78. The highest BCUT2D eigenvalue weighted by atomic mass is 16.8. The fourth-order valence-corrected chi connectivity index (χ4v) is 2.81. The average molecular weight is 328 g/mol. The van der Waals surface area contributed by atoms with Gasteiger partial charge in [0.25, 0.3) is 0 Å². The summed E-state index contributed by atoms with van der Waals surface area (Å²) < 4.78 is 15.9. The molecule has 0 bridgehead atoms. The third-order valence-corrected chi connectivity index (χ3v) is 4.28. The minimum absolute atomic E-state index is 0.0349. The van der Waals surface area contributed by atoms with Gasteiger partial charge in [0, 0.05) is 6.42 Å². The Labute approximate surface area is 143 Å². The van der Waals surface area contributed by atoms with E-state index in [9.17, 15) is 0 Å². The molecule has 2 aromatic rings. The summed E-state index contributed by atoms with van der Waals surface area (Å²) in [4.78, 5) is 0. The number of aliphatic hydroxyl groups is 1. The summed E-state index contributed by atoms with van der Waals surface area (Å²) in [5, 5.41) is 8.78. The Hall–Kier alpha value is -1.88. The van der Waals surface area contributed by atoms with E-state index in [-0.39, 0.29) is 12.9 Å². The van der Waals surface area contributed by atoms with Crippen LogP contribution in [-0.4, -0.2) is 31.4 Å². The first-order valence-corrected chi connectivity index (χ1v) is 8.39. The Morgan fingerprint density at radius 3 is 2.29 bits per heavy atom. The van der Waals surface area contributed by atoms with E-state index in [1.165, 1.54) is 16.7 Å². The van der Waals surface area contributed by atoms with Crippen LogP contribution in [0.5, 0.6) is 5.75 Å². The molecule has 3 rings (SSSR count). The van der Waals surface area contributed by atoms with Crippen molar-refractivity contribution in [3.63, 3.8) is 0 Å². The molecule has 4 nitrogen and oxygen atoms in total. The van der Waals surface area contributed by atoms with Gasteiger partial charge in [-0.15, -0.1) is 0 Å². The van der Waals surface area contributed by atoms with Crippen LogP contribution in [0.2, 0.25) is 0 Å². The van der Waals surface area contributed by atoms with Gasteiger partial charge in [-0.1, -0.05) is 43.3 Å². The number of rotatable bonds is 8. The van der Waals surface area contributed by atoms with Crippen LogP contribution < -0.4 is 4.74 Å². The largest absolute Gasteiger partial charge is 0.491 e. The van der Waals surface area contributed by atoms with Crippen LogP contribution in [-0.2, 0) is 22.3 Å². The standard InChI is InChI=1S/C20H24O4/c1-15(18-6-8-19(9-7-18)22-11-10-21)12-16-2-4-17(5-3-16)13-20-23-14-24-20/h2-9,15,20-21H,10-14H2,1H3.